The van der Waals surface area contributed by atoms with Crippen LogP contribution in [0, 0.1) is 11.8 Å². The van der Waals surface area contributed by atoms with Crippen LogP contribution in [0.25, 0.3) is 0 Å². The maximum Gasteiger partial charge on any atom is 0.197 e. The number of unbranched alkanes of at least 4 members (excludes halogenated alkanes) is 6. The van der Waals surface area contributed by atoms with Crippen molar-refractivity contribution in [2.45, 2.75) is 215 Å². The summed E-state index contributed by atoms with van der Waals surface area (Å²) in [5.74, 6) is -3.80. The van der Waals surface area contributed by atoms with E-state index in [1.807, 2.05) is 0 Å². The predicted octanol–water partition coefficient (Wildman–Crippen LogP) is -2.10. The fourth-order valence-electron chi connectivity index (χ4n) is 6.97. The Morgan fingerprint density at radius 3 is 1.60 bits per heavy atom. The van der Waals surface area contributed by atoms with Gasteiger partial charge in [-0.2, -0.15) is 0 Å². The average molecular weight is 761 g/mol. The van der Waals surface area contributed by atoms with E-state index < -0.39 is 128 Å². The average Bonchev–Trinajstić information content (AvgIpc) is 3.09. The molecule has 15 N–H and O–H groups in total. The molecule has 0 spiro atoms. The SMILES string of the molecule is CCCCCCCCCC(O)CC1(O)OC(CC(O)C(O)C(O)C(O)C(O)CC(O)CC(O)CC(O)C(C)C(O)C(C)C(O)CC)C(O)C(O)C1O. The molecule has 312 valence electrons. The van der Waals surface area contributed by atoms with E-state index in [0.29, 0.717) is 12.8 Å². The van der Waals surface area contributed by atoms with E-state index in [0.717, 1.165) is 38.5 Å². The molecule has 0 saturated carbocycles. The second-order valence-corrected chi connectivity index (χ2v) is 15.3. The zero-order chi connectivity index (χ0) is 39.9. The lowest BCUT2D eigenvalue weighted by Crippen LogP contribution is -2.65. The third-order valence-corrected chi connectivity index (χ3v) is 10.8. The normalized spacial score (nSPS) is 30.3. The Morgan fingerprint density at radius 1 is 0.538 bits per heavy atom. The van der Waals surface area contributed by atoms with E-state index in [-0.39, 0.29) is 19.3 Å². The number of rotatable bonds is 27. The molecule has 0 amide bonds. The predicted molar refractivity (Wildman–Crippen MR) is 188 cm³/mol. The van der Waals surface area contributed by atoms with Gasteiger partial charge in [-0.1, -0.05) is 72.6 Å². The number of ether oxygens (including phenoxy) is 1. The Kier molecular flexibility index (Phi) is 22.9. The van der Waals surface area contributed by atoms with Crippen LogP contribution in [-0.4, -0.2) is 174 Å². The lowest BCUT2D eigenvalue weighted by Gasteiger charge is -2.47. The summed E-state index contributed by atoms with van der Waals surface area (Å²) in [6.07, 6.45) is -19.7. The van der Waals surface area contributed by atoms with Crippen LogP contribution in [0.15, 0.2) is 0 Å². The van der Waals surface area contributed by atoms with Gasteiger partial charge in [-0.3, -0.25) is 0 Å². The van der Waals surface area contributed by atoms with Crippen LogP contribution in [0.3, 0.4) is 0 Å². The maximum absolute atomic E-state index is 11.0. The number of hydrogen-bond donors (Lipinski definition) is 15. The molecule has 0 aliphatic carbocycles. The Bertz CT molecular complexity index is 935. The Morgan fingerprint density at radius 2 is 1.04 bits per heavy atom. The quantitative estimate of drug-likeness (QED) is 0.0399. The first-order valence-corrected chi connectivity index (χ1v) is 19.1. The van der Waals surface area contributed by atoms with Crippen LogP contribution in [0.1, 0.15) is 118 Å². The fourth-order valence-corrected chi connectivity index (χ4v) is 6.97. The van der Waals surface area contributed by atoms with E-state index >= 15 is 0 Å². The molecule has 18 atom stereocenters. The van der Waals surface area contributed by atoms with Gasteiger partial charge in [-0.15, -0.1) is 0 Å². The highest BCUT2D eigenvalue weighted by molar-refractivity contribution is 4.99. The van der Waals surface area contributed by atoms with Gasteiger partial charge in [-0.05, 0) is 25.7 Å². The van der Waals surface area contributed by atoms with Crippen LogP contribution in [0.2, 0.25) is 0 Å². The Hall–Kier alpha value is -0.640. The third kappa shape index (κ3) is 15.5. The minimum atomic E-state index is -2.53. The zero-order valence-corrected chi connectivity index (χ0v) is 31.3. The van der Waals surface area contributed by atoms with E-state index in [4.69, 9.17) is 4.74 Å². The molecular weight excluding hydrogens is 688 g/mol. The van der Waals surface area contributed by atoms with Crippen molar-refractivity contribution in [1.29, 1.82) is 0 Å². The van der Waals surface area contributed by atoms with E-state index in [9.17, 15) is 76.6 Å². The van der Waals surface area contributed by atoms with E-state index in [2.05, 4.69) is 6.92 Å². The van der Waals surface area contributed by atoms with Gasteiger partial charge in [0.2, 0.25) is 0 Å². The van der Waals surface area contributed by atoms with E-state index in [1.165, 1.54) is 0 Å². The van der Waals surface area contributed by atoms with Gasteiger partial charge in [-0.25, -0.2) is 0 Å². The first kappa shape index (κ1) is 49.4. The molecule has 16 heteroatoms. The summed E-state index contributed by atoms with van der Waals surface area (Å²) in [5.41, 5.74) is 0. The highest BCUT2D eigenvalue weighted by atomic mass is 16.7. The van der Waals surface area contributed by atoms with Gasteiger partial charge in [0.05, 0.1) is 54.9 Å². The molecule has 0 aromatic rings. The smallest absolute Gasteiger partial charge is 0.197 e. The molecule has 0 aromatic heterocycles. The highest BCUT2D eigenvalue weighted by Gasteiger charge is 2.54. The van der Waals surface area contributed by atoms with Crippen molar-refractivity contribution < 1.29 is 81.3 Å². The van der Waals surface area contributed by atoms with Crippen LogP contribution < -0.4 is 0 Å². The van der Waals surface area contributed by atoms with Gasteiger partial charge in [0.15, 0.2) is 5.79 Å². The van der Waals surface area contributed by atoms with Crippen LogP contribution in [0.4, 0.5) is 0 Å². The minimum absolute atomic E-state index is 0.259. The summed E-state index contributed by atoms with van der Waals surface area (Å²) < 4.78 is 5.46. The zero-order valence-electron chi connectivity index (χ0n) is 31.3. The Balaban J connectivity index is 2.69. The first-order valence-electron chi connectivity index (χ1n) is 19.1. The van der Waals surface area contributed by atoms with Gasteiger partial charge in [0.25, 0.3) is 0 Å². The van der Waals surface area contributed by atoms with Crippen molar-refractivity contribution in [3.8, 4) is 0 Å². The van der Waals surface area contributed by atoms with E-state index in [1.54, 1.807) is 20.8 Å². The third-order valence-electron chi connectivity index (χ3n) is 10.8. The molecule has 18 unspecified atom stereocenters. The molecule has 0 aromatic carbocycles. The summed E-state index contributed by atoms with van der Waals surface area (Å²) in [4.78, 5) is 0. The topological polar surface area (TPSA) is 313 Å². The standard InChI is InChI=1S/C36H72O16/c1-5-7-8-9-10-11-12-13-21(37)18-36(51)35(50)34(49)32(47)28(52-36)17-27(43)31(46)33(48)30(45)26(42)16-23(39)14-22(38)15-25(41)20(4)29(44)19(3)24(40)6-2/h19-35,37-51H,5-18H2,1-4H3. The highest BCUT2D eigenvalue weighted by Crippen LogP contribution is 2.35. The summed E-state index contributed by atoms with van der Waals surface area (Å²) in [7, 11) is 0. The Labute approximate surface area is 308 Å². The van der Waals surface area contributed by atoms with Gasteiger partial charge < -0.3 is 81.3 Å². The molecular formula is C36H72O16. The lowest BCUT2D eigenvalue weighted by atomic mass is 9.83. The molecule has 0 bridgehead atoms. The largest absolute Gasteiger partial charge is 0.393 e. The lowest BCUT2D eigenvalue weighted by molar-refractivity contribution is -0.356. The summed E-state index contributed by atoms with van der Waals surface area (Å²) >= 11 is 0. The van der Waals surface area contributed by atoms with Crippen LogP contribution >= 0.6 is 0 Å². The maximum atomic E-state index is 11.0. The van der Waals surface area contributed by atoms with Crippen molar-refractivity contribution in [3.63, 3.8) is 0 Å². The summed E-state index contributed by atoms with van der Waals surface area (Å²) in [6, 6.07) is 0. The molecule has 16 nitrogen and oxygen atoms in total. The molecule has 1 aliphatic rings. The van der Waals surface area contributed by atoms with Crippen molar-refractivity contribution in [2.75, 3.05) is 0 Å². The van der Waals surface area contributed by atoms with Crippen molar-refractivity contribution in [3.05, 3.63) is 0 Å². The van der Waals surface area contributed by atoms with Crippen LogP contribution in [0.5, 0.6) is 0 Å². The van der Waals surface area contributed by atoms with Gasteiger partial charge in [0.1, 0.15) is 36.6 Å². The van der Waals surface area contributed by atoms with Crippen molar-refractivity contribution >= 4 is 0 Å². The molecule has 1 aliphatic heterocycles. The van der Waals surface area contributed by atoms with Crippen LogP contribution in [-0.2, 0) is 4.74 Å². The summed E-state index contributed by atoms with van der Waals surface area (Å²) in [6.45, 7) is 7.05. The van der Waals surface area contributed by atoms with Crippen molar-refractivity contribution in [2.24, 2.45) is 11.8 Å². The first-order chi connectivity index (χ1) is 24.2. The molecule has 1 rings (SSSR count). The van der Waals surface area contributed by atoms with Gasteiger partial charge in [0, 0.05) is 31.1 Å². The minimum Gasteiger partial charge on any atom is -0.393 e. The fraction of sp³-hybridized carbons (Fsp3) is 1.00. The number of aliphatic hydroxyl groups excluding tert-OH is 14. The molecule has 1 saturated heterocycles. The second-order valence-electron chi connectivity index (χ2n) is 15.3. The molecule has 1 heterocycles. The second kappa shape index (κ2) is 24.1. The van der Waals surface area contributed by atoms with Gasteiger partial charge >= 0.3 is 0 Å². The number of aliphatic hydroxyl groups is 15. The molecule has 52 heavy (non-hydrogen) atoms. The summed E-state index contributed by atoms with van der Waals surface area (Å²) in [5, 5.41) is 157. The number of hydrogen-bond acceptors (Lipinski definition) is 16. The van der Waals surface area contributed by atoms with Crippen molar-refractivity contribution in [1.82, 2.24) is 0 Å². The molecule has 1 fully saturated rings. The molecule has 0 radical (unpaired) electrons. The monoisotopic (exact) mass is 760 g/mol.